The average molecular weight is 275 g/mol. The fourth-order valence-corrected chi connectivity index (χ4v) is 2.62. The molecule has 0 saturated heterocycles. The number of carbonyl (C=O) groups is 1. The van der Waals surface area contributed by atoms with Gasteiger partial charge in [0.15, 0.2) is 0 Å². The standard InChI is InChI=1S/C15H17NO2S/c1-11(14-3-2-8-19-14)16-10-13-6-4-12(5-7-13)9-15(17)18/h2-8,11,16H,9-10H2,1H3,(H,17,18). The molecule has 2 aromatic rings. The van der Waals surface area contributed by atoms with Crippen LogP contribution in [0.15, 0.2) is 41.8 Å². The van der Waals surface area contributed by atoms with E-state index in [2.05, 4.69) is 29.8 Å². The van der Waals surface area contributed by atoms with E-state index in [4.69, 9.17) is 5.11 Å². The van der Waals surface area contributed by atoms with Gasteiger partial charge in [0.1, 0.15) is 0 Å². The van der Waals surface area contributed by atoms with E-state index in [0.717, 1.165) is 17.7 Å². The summed E-state index contributed by atoms with van der Waals surface area (Å²) in [7, 11) is 0. The van der Waals surface area contributed by atoms with Crippen molar-refractivity contribution in [2.45, 2.75) is 25.9 Å². The predicted octanol–water partition coefficient (Wildman–Crippen LogP) is 3.23. The predicted molar refractivity (Wildman–Crippen MR) is 77.4 cm³/mol. The number of rotatable bonds is 6. The summed E-state index contributed by atoms with van der Waals surface area (Å²) in [6.07, 6.45) is 0.0826. The fourth-order valence-electron chi connectivity index (χ4n) is 1.86. The van der Waals surface area contributed by atoms with Crippen LogP contribution >= 0.6 is 11.3 Å². The number of carboxylic acids is 1. The van der Waals surface area contributed by atoms with Gasteiger partial charge in [-0.1, -0.05) is 30.3 Å². The molecule has 4 heteroatoms. The van der Waals surface area contributed by atoms with Crippen molar-refractivity contribution in [1.82, 2.24) is 5.32 Å². The average Bonchev–Trinajstić information content (AvgIpc) is 2.91. The van der Waals surface area contributed by atoms with Crippen molar-refractivity contribution in [3.63, 3.8) is 0 Å². The maximum Gasteiger partial charge on any atom is 0.307 e. The van der Waals surface area contributed by atoms with Gasteiger partial charge in [0, 0.05) is 17.5 Å². The Kier molecular flexibility index (Phi) is 4.71. The highest BCUT2D eigenvalue weighted by Gasteiger charge is 2.05. The first kappa shape index (κ1) is 13.8. The minimum absolute atomic E-state index is 0.0826. The molecule has 100 valence electrons. The van der Waals surface area contributed by atoms with Crippen molar-refractivity contribution >= 4 is 17.3 Å². The molecular weight excluding hydrogens is 258 g/mol. The van der Waals surface area contributed by atoms with Crippen molar-refractivity contribution in [3.05, 3.63) is 57.8 Å². The summed E-state index contributed by atoms with van der Waals surface area (Å²) in [5.41, 5.74) is 2.00. The molecule has 0 bridgehead atoms. The molecule has 19 heavy (non-hydrogen) atoms. The van der Waals surface area contributed by atoms with Crippen LogP contribution in [0.1, 0.15) is 29.0 Å². The maximum absolute atomic E-state index is 10.6. The topological polar surface area (TPSA) is 49.3 Å². The lowest BCUT2D eigenvalue weighted by Crippen LogP contribution is -2.17. The summed E-state index contributed by atoms with van der Waals surface area (Å²) in [6.45, 7) is 2.93. The molecule has 0 fully saturated rings. The Morgan fingerprint density at radius 3 is 2.53 bits per heavy atom. The molecule has 0 aliphatic carbocycles. The number of nitrogens with one attached hydrogen (secondary N) is 1. The zero-order valence-corrected chi connectivity index (χ0v) is 11.6. The third-order valence-electron chi connectivity index (χ3n) is 2.96. The van der Waals surface area contributed by atoms with Crippen LogP contribution in [0.3, 0.4) is 0 Å². The zero-order chi connectivity index (χ0) is 13.7. The van der Waals surface area contributed by atoms with Gasteiger partial charge in [-0.05, 0) is 29.5 Å². The number of carboxylic acid groups (broad SMARTS) is 1. The van der Waals surface area contributed by atoms with Crippen molar-refractivity contribution in [1.29, 1.82) is 0 Å². The third-order valence-corrected chi connectivity index (χ3v) is 4.02. The van der Waals surface area contributed by atoms with E-state index in [1.165, 1.54) is 4.88 Å². The Hall–Kier alpha value is -1.65. The molecule has 0 amide bonds. The first-order valence-corrected chi connectivity index (χ1v) is 7.09. The molecule has 2 rings (SSSR count). The van der Waals surface area contributed by atoms with E-state index in [1.54, 1.807) is 11.3 Å². The molecule has 0 spiro atoms. The van der Waals surface area contributed by atoms with Crippen molar-refractivity contribution in [3.8, 4) is 0 Å². The first-order valence-electron chi connectivity index (χ1n) is 6.21. The van der Waals surface area contributed by atoms with Gasteiger partial charge in [-0.25, -0.2) is 0 Å². The second-order valence-corrected chi connectivity index (χ2v) is 5.48. The van der Waals surface area contributed by atoms with Gasteiger partial charge < -0.3 is 10.4 Å². The SMILES string of the molecule is CC(NCc1ccc(CC(=O)O)cc1)c1cccs1. The third kappa shape index (κ3) is 4.19. The second-order valence-electron chi connectivity index (χ2n) is 4.51. The lowest BCUT2D eigenvalue weighted by atomic mass is 10.1. The zero-order valence-electron chi connectivity index (χ0n) is 10.8. The normalized spacial score (nSPS) is 12.3. The highest BCUT2D eigenvalue weighted by molar-refractivity contribution is 7.10. The molecule has 1 unspecified atom stereocenters. The molecule has 2 N–H and O–H groups in total. The molecule has 1 atom stereocenters. The molecule has 0 aliphatic heterocycles. The van der Waals surface area contributed by atoms with Crippen LogP contribution in [0.25, 0.3) is 0 Å². The summed E-state index contributed by atoms with van der Waals surface area (Å²) >= 11 is 1.75. The number of hydrogen-bond donors (Lipinski definition) is 2. The summed E-state index contributed by atoms with van der Waals surface area (Å²) in [4.78, 5) is 11.9. The summed E-state index contributed by atoms with van der Waals surface area (Å²) < 4.78 is 0. The lowest BCUT2D eigenvalue weighted by Gasteiger charge is -2.12. The highest BCUT2D eigenvalue weighted by Crippen LogP contribution is 2.18. The molecule has 0 aliphatic rings. The summed E-state index contributed by atoms with van der Waals surface area (Å²) in [5.74, 6) is -0.794. The lowest BCUT2D eigenvalue weighted by molar-refractivity contribution is -0.136. The van der Waals surface area contributed by atoms with Crippen molar-refractivity contribution in [2.75, 3.05) is 0 Å². The molecule has 1 aromatic heterocycles. The molecular formula is C15H17NO2S. The Balaban J connectivity index is 1.88. The van der Waals surface area contributed by atoms with Crippen LogP contribution < -0.4 is 5.32 Å². The fraction of sp³-hybridized carbons (Fsp3) is 0.267. The monoisotopic (exact) mass is 275 g/mol. The van der Waals surface area contributed by atoms with Crippen LogP contribution in [0.5, 0.6) is 0 Å². The smallest absolute Gasteiger partial charge is 0.307 e. The van der Waals surface area contributed by atoms with E-state index in [9.17, 15) is 4.79 Å². The van der Waals surface area contributed by atoms with Crippen molar-refractivity contribution in [2.24, 2.45) is 0 Å². The van der Waals surface area contributed by atoms with Gasteiger partial charge in [0.2, 0.25) is 0 Å². The maximum atomic E-state index is 10.6. The van der Waals surface area contributed by atoms with Crippen LogP contribution in [0, 0.1) is 0 Å². The molecule has 0 saturated carbocycles. The van der Waals surface area contributed by atoms with Crippen LogP contribution in [0.2, 0.25) is 0 Å². The number of thiophene rings is 1. The first-order chi connectivity index (χ1) is 9.15. The number of aliphatic carboxylic acids is 1. The molecule has 3 nitrogen and oxygen atoms in total. The Morgan fingerprint density at radius 1 is 1.26 bits per heavy atom. The minimum Gasteiger partial charge on any atom is -0.481 e. The van der Waals surface area contributed by atoms with Gasteiger partial charge >= 0.3 is 5.97 Å². The quantitative estimate of drug-likeness (QED) is 0.851. The van der Waals surface area contributed by atoms with Gasteiger partial charge in [-0.3, -0.25) is 4.79 Å². The van der Waals surface area contributed by atoms with E-state index in [0.29, 0.717) is 6.04 Å². The van der Waals surface area contributed by atoms with E-state index in [-0.39, 0.29) is 6.42 Å². The van der Waals surface area contributed by atoms with Gasteiger partial charge in [-0.2, -0.15) is 0 Å². The van der Waals surface area contributed by atoms with Crippen LogP contribution in [0.4, 0.5) is 0 Å². The largest absolute Gasteiger partial charge is 0.481 e. The van der Waals surface area contributed by atoms with Crippen LogP contribution in [-0.4, -0.2) is 11.1 Å². The Bertz CT molecular complexity index is 520. The number of hydrogen-bond acceptors (Lipinski definition) is 3. The molecule has 1 heterocycles. The Morgan fingerprint density at radius 2 is 1.95 bits per heavy atom. The van der Waals surface area contributed by atoms with Crippen LogP contribution in [-0.2, 0) is 17.8 Å². The van der Waals surface area contributed by atoms with Crippen molar-refractivity contribution < 1.29 is 9.90 Å². The molecule has 0 radical (unpaired) electrons. The number of benzene rings is 1. The van der Waals surface area contributed by atoms with E-state index < -0.39 is 5.97 Å². The summed E-state index contributed by atoms with van der Waals surface area (Å²) in [6, 6.07) is 12.2. The second kappa shape index (κ2) is 6.50. The minimum atomic E-state index is -0.794. The van der Waals surface area contributed by atoms with Gasteiger partial charge in [0.25, 0.3) is 0 Å². The highest BCUT2D eigenvalue weighted by atomic mass is 32.1. The van der Waals surface area contributed by atoms with E-state index in [1.807, 2.05) is 24.3 Å². The Labute approximate surface area is 116 Å². The summed E-state index contributed by atoms with van der Waals surface area (Å²) in [5, 5.41) is 14.2. The molecule has 1 aromatic carbocycles. The van der Waals surface area contributed by atoms with Gasteiger partial charge in [0.05, 0.1) is 6.42 Å². The van der Waals surface area contributed by atoms with E-state index >= 15 is 0 Å². The van der Waals surface area contributed by atoms with Gasteiger partial charge in [-0.15, -0.1) is 11.3 Å².